The van der Waals surface area contributed by atoms with E-state index in [0.717, 1.165) is 26.6 Å². The molecule has 0 unspecified atom stereocenters. The van der Waals surface area contributed by atoms with Crippen LogP contribution in [0.25, 0.3) is 21.5 Å². The molecule has 39 heavy (non-hydrogen) atoms. The fourth-order valence-electron chi connectivity index (χ4n) is 4.08. The number of pyridine rings is 2. The summed E-state index contributed by atoms with van der Waals surface area (Å²) in [6, 6.07) is 5.03. The van der Waals surface area contributed by atoms with Crippen molar-refractivity contribution in [2.45, 2.75) is 39.0 Å². The Morgan fingerprint density at radius 2 is 2.00 bits per heavy atom. The molecule has 1 atom stereocenters. The lowest BCUT2D eigenvalue weighted by atomic mass is 10.2. The average Bonchev–Trinajstić information content (AvgIpc) is 3.55. The number of hydrogen-bond acceptors (Lipinski definition) is 10. The highest BCUT2D eigenvalue weighted by atomic mass is 32.1. The van der Waals surface area contributed by atoms with Crippen LogP contribution >= 0.6 is 11.3 Å². The number of ether oxygens (including phenoxy) is 2. The van der Waals surface area contributed by atoms with E-state index < -0.39 is 17.7 Å². The van der Waals surface area contributed by atoms with Crippen LogP contribution in [-0.2, 0) is 20.8 Å². The first-order chi connectivity index (χ1) is 18.8. The molecule has 1 aliphatic rings. The Morgan fingerprint density at radius 3 is 2.79 bits per heavy atom. The first-order valence-corrected chi connectivity index (χ1v) is 13.4. The molecule has 0 aromatic carbocycles. The minimum atomic E-state index is -0.747. The van der Waals surface area contributed by atoms with Gasteiger partial charge in [0.05, 0.1) is 36.1 Å². The predicted molar refractivity (Wildman–Crippen MR) is 147 cm³/mol. The second kappa shape index (κ2) is 11.3. The largest absolute Gasteiger partial charge is 0.444 e. The Kier molecular flexibility index (Phi) is 7.70. The van der Waals surface area contributed by atoms with Crippen LogP contribution in [0.4, 0.5) is 15.7 Å². The number of anilines is 2. The lowest BCUT2D eigenvalue weighted by Crippen LogP contribution is -2.57. The zero-order chi connectivity index (χ0) is 27.4. The van der Waals surface area contributed by atoms with Crippen LogP contribution in [0.5, 0.6) is 0 Å². The highest BCUT2D eigenvalue weighted by molar-refractivity contribution is 7.18. The molecular formula is C26H30N8O4S. The maximum atomic E-state index is 12.9. The molecule has 0 radical (unpaired) electrons. The van der Waals surface area contributed by atoms with Crippen molar-refractivity contribution in [3.05, 3.63) is 49.3 Å². The highest BCUT2D eigenvalue weighted by Gasteiger charge is 2.35. The number of nitrogens with zero attached hydrogens (tertiary/aromatic N) is 6. The molecule has 1 aliphatic heterocycles. The number of morpholine rings is 1. The van der Waals surface area contributed by atoms with Gasteiger partial charge in [-0.15, -0.1) is 0 Å². The molecular weight excluding hydrogens is 520 g/mol. The van der Waals surface area contributed by atoms with Gasteiger partial charge in [-0.3, -0.25) is 14.7 Å². The fourth-order valence-corrected chi connectivity index (χ4v) is 4.90. The molecule has 0 spiro atoms. The minimum absolute atomic E-state index is 0.124. The van der Waals surface area contributed by atoms with E-state index in [-0.39, 0.29) is 12.5 Å². The molecule has 1 saturated heterocycles. The molecule has 0 saturated carbocycles. The van der Waals surface area contributed by atoms with Gasteiger partial charge in [-0.1, -0.05) is 11.3 Å². The number of carbonyl (C=O) groups is 2. The van der Waals surface area contributed by atoms with E-state index in [1.807, 2.05) is 29.0 Å². The van der Waals surface area contributed by atoms with Gasteiger partial charge >= 0.3 is 6.09 Å². The number of hydrogen-bond donors (Lipinski definition) is 2. The van der Waals surface area contributed by atoms with Crippen LogP contribution in [0.15, 0.2) is 49.3 Å². The summed E-state index contributed by atoms with van der Waals surface area (Å²) in [4.78, 5) is 45.4. The van der Waals surface area contributed by atoms with Gasteiger partial charge in [-0.25, -0.2) is 19.7 Å². The van der Waals surface area contributed by atoms with E-state index >= 15 is 0 Å². The van der Waals surface area contributed by atoms with Crippen LogP contribution in [0, 0.1) is 0 Å². The molecule has 12 nitrogen and oxygen atoms in total. The Bertz CT molecular complexity index is 1450. The van der Waals surface area contributed by atoms with Crippen molar-refractivity contribution in [1.82, 2.24) is 34.7 Å². The maximum Gasteiger partial charge on any atom is 0.411 e. The third-order valence-corrected chi connectivity index (χ3v) is 6.89. The number of amides is 2. The number of imidazole rings is 1. The zero-order valence-corrected chi connectivity index (χ0v) is 22.8. The molecule has 0 bridgehead atoms. The third kappa shape index (κ3) is 6.49. The Hall–Kier alpha value is -4.10. The summed E-state index contributed by atoms with van der Waals surface area (Å²) in [5.74, 6) is 0.346. The average molecular weight is 551 g/mol. The number of rotatable bonds is 7. The van der Waals surface area contributed by atoms with E-state index in [1.165, 1.54) is 16.2 Å². The lowest BCUT2D eigenvalue weighted by Gasteiger charge is -2.35. The summed E-state index contributed by atoms with van der Waals surface area (Å²) in [5.41, 5.74) is 2.00. The Labute approximate surface area is 229 Å². The summed E-state index contributed by atoms with van der Waals surface area (Å²) in [6.45, 7) is 6.99. The SMILES string of the molecule is CC(C)(C)OC(=O)N1CCOC[C@H]1C(=O)NCCn1cnc2cnc(Nc3ncc(-c4ccncc4)s3)cc21. The van der Waals surface area contributed by atoms with Crippen molar-refractivity contribution in [3.8, 4) is 10.4 Å². The topological polar surface area (TPSA) is 136 Å². The van der Waals surface area contributed by atoms with Gasteiger partial charge in [0.2, 0.25) is 5.91 Å². The summed E-state index contributed by atoms with van der Waals surface area (Å²) in [7, 11) is 0. The van der Waals surface area contributed by atoms with Crippen LogP contribution in [0.1, 0.15) is 20.8 Å². The maximum absolute atomic E-state index is 12.9. The van der Waals surface area contributed by atoms with E-state index in [2.05, 4.69) is 30.6 Å². The van der Waals surface area contributed by atoms with Gasteiger partial charge in [0.15, 0.2) is 5.13 Å². The lowest BCUT2D eigenvalue weighted by molar-refractivity contribution is -0.132. The molecule has 13 heteroatoms. The van der Waals surface area contributed by atoms with Crippen molar-refractivity contribution in [2.75, 3.05) is 31.6 Å². The molecule has 4 aromatic rings. The number of carbonyl (C=O) groups excluding carboxylic acids is 2. The van der Waals surface area contributed by atoms with E-state index in [1.54, 1.807) is 45.7 Å². The Morgan fingerprint density at radius 1 is 1.18 bits per heavy atom. The number of fused-ring (bicyclic) bond motifs is 1. The first-order valence-electron chi connectivity index (χ1n) is 12.6. The zero-order valence-electron chi connectivity index (χ0n) is 22.0. The summed E-state index contributed by atoms with van der Waals surface area (Å²) >= 11 is 1.52. The minimum Gasteiger partial charge on any atom is -0.444 e. The normalized spacial score (nSPS) is 15.8. The van der Waals surface area contributed by atoms with Crippen LogP contribution in [0.2, 0.25) is 0 Å². The van der Waals surface area contributed by atoms with Gasteiger partial charge in [0.1, 0.15) is 23.0 Å². The molecule has 2 N–H and O–H groups in total. The molecule has 5 rings (SSSR count). The smallest absolute Gasteiger partial charge is 0.411 e. The fraction of sp³-hybridized carbons (Fsp3) is 0.385. The second-order valence-corrected chi connectivity index (χ2v) is 11.0. The van der Waals surface area contributed by atoms with Crippen molar-refractivity contribution in [3.63, 3.8) is 0 Å². The number of aromatic nitrogens is 5. The van der Waals surface area contributed by atoms with Crippen LogP contribution in [0.3, 0.4) is 0 Å². The molecule has 204 valence electrons. The quantitative estimate of drug-likeness (QED) is 0.354. The van der Waals surface area contributed by atoms with E-state index in [0.29, 0.717) is 32.1 Å². The first kappa shape index (κ1) is 26.5. The predicted octanol–water partition coefficient (Wildman–Crippen LogP) is 3.45. The van der Waals surface area contributed by atoms with Crippen LogP contribution < -0.4 is 10.6 Å². The third-order valence-electron chi connectivity index (χ3n) is 5.92. The van der Waals surface area contributed by atoms with Crippen LogP contribution in [-0.4, -0.2) is 79.3 Å². The monoisotopic (exact) mass is 550 g/mol. The van der Waals surface area contributed by atoms with Gasteiger partial charge in [-0.2, -0.15) is 0 Å². The van der Waals surface area contributed by atoms with E-state index in [4.69, 9.17) is 9.47 Å². The summed E-state index contributed by atoms with van der Waals surface area (Å²) < 4.78 is 12.9. The van der Waals surface area contributed by atoms with Crippen molar-refractivity contribution in [2.24, 2.45) is 0 Å². The molecule has 2 amide bonds. The molecule has 0 aliphatic carbocycles. The van der Waals surface area contributed by atoms with E-state index in [9.17, 15) is 9.59 Å². The Balaban J connectivity index is 1.20. The molecule has 5 heterocycles. The number of nitrogens with one attached hydrogen (secondary N) is 2. The van der Waals surface area contributed by atoms with Crippen molar-refractivity contribution < 1.29 is 19.1 Å². The molecule has 1 fully saturated rings. The van der Waals surface area contributed by atoms with Gasteiger partial charge < -0.3 is 24.7 Å². The summed E-state index contributed by atoms with van der Waals surface area (Å²) in [5, 5.41) is 6.89. The highest BCUT2D eigenvalue weighted by Crippen LogP contribution is 2.30. The van der Waals surface area contributed by atoms with Crippen molar-refractivity contribution >= 4 is 45.3 Å². The van der Waals surface area contributed by atoms with Gasteiger partial charge in [0.25, 0.3) is 0 Å². The van der Waals surface area contributed by atoms with Gasteiger partial charge in [0, 0.05) is 44.3 Å². The summed E-state index contributed by atoms with van der Waals surface area (Å²) in [6.07, 6.45) is 8.20. The number of thiazole rings is 1. The second-order valence-electron chi connectivity index (χ2n) is 9.94. The molecule has 4 aromatic heterocycles. The van der Waals surface area contributed by atoms with Gasteiger partial charge in [-0.05, 0) is 38.5 Å². The van der Waals surface area contributed by atoms with Crippen molar-refractivity contribution in [1.29, 1.82) is 0 Å². The standard InChI is InChI=1S/C26H30N8O4S/c1-26(2,3)38-25(36)34-10-11-37-15-20(34)23(35)28-8-9-33-16-31-18-13-29-22(12-19(18)33)32-24-30-14-21(39-24)17-4-6-27-7-5-17/h4-7,12-14,16,20H,8-11,15H2,1-3H3,(H,28,35)(H,29,30,32)/t20-/m0/s1.